The van der Waals surface area contributed by atoms with Crippen molar-refractivity contribution in [2.75, 3.05) is 11.9 Å². The fraction of sp³-hybridized carbons (Fsp3) is 0.176. The molecule has 0 heterocycles. The molecule has 6 heteroatoms. The predicted octanol–water partition coefficient (Wildman–Crippen LogP) is 3.51. The summed E-state index contributed by atoms with van der Waals surface area (Å²) in [7, 11) is 0. The maximum absolute atomic E-state index is 11.8. The first kappa shape index (κ1) is 16.8. The average molecular weight is 333 g/mol. The van der Waals surface area contributed by atoms with E-state index in [0.29, 0.717) is 10.7 Å². The summed E-state index contributed by atoms with van der Waals surface area (Å²) in [5.41, 5.74) is 2.26. The molecule has 2 N–H and O–H groups in total. The summed E-state index contributed by atoms with van der Waals surface area (Å²) >= 11 is 5.98. The molecule has 0 fully saturated rings. The fourth-order valence-corrected chi connectivity index (χ4v) is 2.04. The first-order valence-corrected chi connectivity index (χ1v) is 7.43. The van der Waals surface area contributed by atoms with E-state index < -0.39 is 6.09 Å². The van der Waals surface area contributed by atoms with Crippen LogP contribution in [0, 0.1) is 6.92 Å². The third-order valence-electron chi connectivity index (χ3n) is 3.15. The van der Waals surface area contributed by atoms with Crippen molar-refractivity contribution in [3.8, 4) is 0 Å². The molecule has 0 unspecified atom stereocenters. The van der Waals surface area contributed by atoms with E-state index in [0.717, 1.165) is 11.1 Å². The van der Waals surface area contributed by atoms with Crippen LogP contribution in [0.5, 0.6) is 0 Å². The lowest BCUT2D eigenvalue weighted by Crippen LogP contribution is -2.33. The molecule has 0 atom stereocenters. The van der Waals surface area contributed by atoms with Crippen LogP contribution in [0.2, 0.25) is 5.02 Å². The number of rotatable bonds is 5. The first-order chi connectivity index (χ1) is 11.1. The van der Waals surface area contributed by atoms with E-state index in [2.05, 4.69) is 10.6 Å². The minimum absolute atomic E-state index is 0.154. The molecule has 2 rings (SSSR count). The van der Waals surface area contributed by atoms with Crippen molar-refractivity contribution < 1.29 is 14.3 Å². The highest BCUT2D eigenvalue weighted by Crippen LogP contribution is 2.22. The van der Waals surface area contributed by atoms with Crippen molar-refractivity contribution in [2.24, 2.45) is 0 Å². The average Bonchev–Trinajstić information content (AvgIpc) is 2.56. The van der Waals surface area contributed by atoms with Crippen LogP contribution in [-0.4, -0.2) is 18.5 Å². The lowest BCUT2D eigenvalue weighted by molar-refractivity contribution is -0.115. The highest BCUT2D eigenvalue weighted by atomic mass is 35.5. The summed E-state index contributed by atoms with van der Waals surface area (Å²) in [5, 5.41) is 5.65. The molecule has 5 nitrogen and oxygen atoms in total. The maximum Gasteiger partial charge on any atom is 0.407 e. The lowest BCUT2D eigenvalue weighted by atomic mass is 10.2. The van der Waals surface area contributed by atoms with Crippen LogP contribution in [0.25, 0.3) is 0 Å². The molecule has 0 saturated heterocycles. The zero-order valence-corrected chi connectivity index (χ0v) is 13.4. The summed E-state index contributed by atoms with van der Waals surface area (Å²) < 4.78 is 5.02. The van der Waals surface area contributed by atoms with Crippen LogP contribution in [0.4, 0.5) is 10.5 Å². The molecule has 23 heavy (non-hydrogen) atoms. The Hall–Kier alpha value is -2.53. The van der Waals surface area contributed by atoms with Crippen molar-refractivity contribution in [1.29, 1.82) is 0 Å². The van der Waals surface area contributed by atoms with Gasteiger partial charge >= 0.3 is 6.09 Å². The van der Waals surface area contributed by atoms with Crippen LogP contribution in [0.15, 0.2) is 48.5 Å². The number of carbonyl (C=O) groups excluding carboxylic acids is 2. The molecule has 120 valence electrons. The molecule has 0 saturated carbocycles. The zero-order chi connectivity index (χ0) is 16.7. The molecule has 0 aliphatic carbocycles. The normalized spacial score (nSPS) is 10.0. The summed E-state index contributed by atoms with van der Waals surface area (Å²) in [6.45, 7) is 1.78. The minimum atomic E-state index is -0.646. The Bertz CT molecular complexity index is 689. The number of halogens is 1. The summed E-state index contributed by atoms with van der Waals surface area (Å²) in [6, 6.07) is 14.5. The van der Waals surface area contributed by atoms with Crippen molar-refractivity contribution in [3.63, 3.8) is 0 Å². The Balaban J connectivity index is 1.75. The number of hydrogen-bond acceptors (Lipinski definition) is 3. The number of carbonyl (C=O) groups is 2. The van der Waals surface area contributed by atoms with Crippen molar-refractivity contribution in [3.05, 3.63) is 64.7 Å². The van der Waals surface area contributed by atoms with E-state index in [-0.39, 0.29) is 19.1 Å². The second kappa shape index (κ2) is 8.19. The van der Waals surface area contributed by atoms with Gasteiger partial charge in [0.15, 0.2) is 0 Å². The van der Waals surface area contributed by atoms with E-state index in [4.69, 9.17) is 16.3 Å². The van der Waals surface area contributed by atoms with Crippen LogP contribution in [0.3, 0.4) is 0 Å². The van der Waals surface area contributed by atoms with Gasteiger partial charge in [-0.15, -0.1) is 0 Å². The van der Waals surface area contributed by atoms with E-state index in [1.165, 1.54) is 0 Å². The predicted molar refractivity (Wildman–Crippen MR) is 89.4 cm³/mol. The van der Waals surface area contributed by atoms with Gasteiger partial charge < -0.3 is 15.4 Å². The van der Waals surface area contributed by atoms with Gasteiger partial charge in [0.25, 0.3) is 0 Å². The Labute approximate surface area is 139 Å². The minimum Gasteiger partial charge on any atom is -0.445 e. The molecule has 2 aromatic carbocycles. The molecule has 0 aromatic heterocycles. The standard InChI is InChI=1S/C17H17ClN2O3/c1-12-14(18)8-5-9-15(12)20-16(21)10-19-17(22)23-11-13-6-3-2-4-7-13/h2-9H,10-11H2,1H3,(H,19,22)(H,20,21). The molecular weight excluding hydrogens is 316 g/mol. The topological polar surface area (TPSA) is 67.4 Å². The number of anilines is 1. The van der Waals surface area contributed by atoms with Gasteiger partial charge in [-0.3, -0.25) is 4.79 Å². The largest absolute Gasteiger partial charge is 0.445 e. The maximum atomic E-state index is 11.8. The second-order valence-corrected chi connectivity index (χ2v) is 5.28. The van der Waals surface area contributed by atoms with Gasteiger partial charge in [-0.05, 0) is 30.2 Å². The highest BCUT2D eigenvalue weighted by molar-refractivity contribution is 6.31. The Morgan fingerprint density at radius 3 is 2.57 bits per heavy atom. The quantitative estimate of drug-likeness (QED) is 0.880. The number of ether oxygens (including phenoxy) is 1. The van der Waals surface area contributed by atoms with Gasteiger partial charge in [0.1, 0.15) is 13.2 Å². The van der Waals surface area contributed by atoms with E-state index in [9.17, 15) is 9.59 Å². The molecule has 0 aliphatic heterocycles. The summed E-state index contributed by atoms with van der Waals surface area (Å²) in [5.74, 6) is -0.355. The molecule has 0 spiro atoms. The highest BCUT2D eigenvalue weighted by Gasteiger charge is 2.09. The van der Waals surface area contributed by atoms with Gasteiger partial charge in [0.2, 0.25) is 5.91 Å². The smallest absolute Gasteiger partial charge is 0.407 e. The lowest BCUT2D eigenvalue weighted by Gasteiger charge is -2.10. The van der Waals surface area contributed by atoms with Crippen molar-refractivity contribution >= 4 is 29.3 Å². The van der Waals surface area contributed by atoms with Crippen LogP contribution in [-0.2, 0) is 16.1 Å². The molecule has 0 radical (unpaired) electrons. The number of amides is 2. The zero-order valence-electron chi connectivity index (χ0n) is 12.6. The Kier molecular flexibility index (Phi) is 6.00. The first-order valence-electron chi connectivity index (χ1n) is 7.06. The molecule has 2 aromatic rings. The summed E-state index contributed by atoms with van der Waals surface area (Å²) in [6.07, 6.45) is -0.646. The molecule has 0 bridgehead atoms. The van der Waals surface area contributed by atoms with Crippen LogP contribution < -0.4 is 10.6 Å². The van der Waals surface area contributed by atoms with Gasteiger partial charge in [0.05, 0.1) is 0 Å². The van der Waals surface area contributed by atoms with Gasteiger partial charge in [-0.2, -0.15) is 0 Å². The fourth-order valence-electron chi connectivity index (χ4n) is 1.86. The second-order valence-electron chi connectivity index (χ2n) is 4.88. The molecule has 2 amide bonds. The number of alkyl carbamates (subject to hydrolysis) is 1. The molecular formula is C17H17ClN2O3. The van der Waals surface area contributed by atoms with Crippen LogP contribution >= 0.6 is 11.6 Å². The third kappa shape index (κ3) is 5.30. The third-order valence-corrected chi connectivity index (χ3v) is 3.56. The molecule has 0 aliphatic rings. The number of benzene rings is 2. The Morgan fingerprint density at radius 1 is 1.09 bits per heavy atom. The SMILES string of the molecule is Cc1c(Cl)cccc1NC(=O)CNC(=O)OCc1ccccc1. The van der Waals surface area contributed by atoms with Gasteiger partial charge in [0, 0.05) is 10.7 Å². The number of hydrogen-bond donors (Lipinski definition) is 2. The number of nitrogens with one attached hydrogen (secondary N) is 2. The Morgan fingerprint density at radius 2 is 1.83 bits per heavy atom. The summed E-state index contributed by atoms with van der Waals surface area (Å²) in [4.78, 5) is 23.4. The van der Waals surface area contributed by atoms with Crippen molar-refractivity contribution in [2.45, 2.75) is 13.5 Å². The monoisotopic (exact) mass is 332 g/mol. The van der Waals surface area contributed by atoms with E-state index in [1.54, 1.807) is 25.1 Å². The van der Waals surface area contributed by atoms with E-state index >= 15 is 0 Å². The van der Waals surface area contributed by atoms with Crippen molar-refractivity contribution in [1.82, 2.24) is 5.32 Å². The van der Waals surface area contributed by atoms with Gasteiger partial charge in [-0.1, -0.05) is 48.0 Å². The van der Waals surface area contributed by atoms with E-state index in [1.807, 2.05) is 30.3 Å². The van der Waals surface area contributed by atoms with Gasteiger partial charge in [-0.25, -0.2) is 4.79 Å². The van der Waals surface area contributed by atoms with Crippen LogP contribution in [0.1, 0.15) is 11.1 Å².